The van der Waals surface area contributed by atoms with Crippen LogP contribution in [0.15, 0.2) is 0 Å². The fourth-order valence-corrected chi connectivity index (χ4v) is 5.70. The van der Waals surface area contributed by atoms with Crippen LogP contribution in [0.1, 0.15) is 201 Å². The van der Waals surface area contributed by atoms with Gasteiger partial charge in [-0.15, -0.1) is 0 Å². The molecule has 0 atom stereocenters. The number of rotatable bonds is 32. The van der Waals surface area contributed by atoms with Gasteiger partial charge in [0.1, 0.15) is 0 Å². The second-order valence-corrected chi connectivity index (χ2v) is 12.6. The minimum absolute atomic E-state index is 0.0596. The molecule has 4 nitrogen and oxygen atoms in total. The topological polar surface area (TPSA) is 52.6 Å². The highest BCUT2D eigenvalue weighted by molar-refractivity contribution is 5.72. The summed E-state index contributed by atoms with van der Waals surface area (Å²) in [5.74, 6) is 0.362. The number of unbranched alkanes of at least 4 members (excludes halogenated alkanes) is 18. The Morgan fingerprint density at radius 3 is 0.854 bits per heavy atom. The third-order valence-corrected chi connectivity index (χ3v) is 8.57. The first-order chi connectivity index (χ1) is 20.1. The lowest BCUT2D eigenvalue weighted by Crippen LogP contribution is -2.18. The van der Waals surface area contributed by atoms with E-state index in [-0.39, 0.29) is 23.8 Å². The Bertz CT molecular complexity index is 493. The van der Waals surface area contributed by atoms with Gasteiger partial charge in [0.15, 0.2) is 0 Å². The van der Waals surface area contributed by atoms with E-state index in [1.165, 1.54) is 109 Å². The molecule has 0 saturated carbocycles. The molecule has 0 aliphatic carbocycles. The summed E-state index contributed by atoms with van der Waals surface area (Å²) in [4.78, 5) is 25.1. The maximum absolute atomic E-state index is 12.6. The lowest BCUT2D eigenvalue weighted by Gasteiger charge is -2.16. The second-order valence-electron chi connectivity index (χ2n) is 12.6. The van der Waals surface area contributed by atoms with E-state index < -0.39 is 0 Å². The highest BCUT2D eigenvalue weighted by atomic mass is 16.5. The third kappa shape index (κ3) is 26.3. The van der Waals surface area contributed by atoms with Crippen molar-refractivity contribution in [3.8, 4) is 0 Å². The van der Waals surface area contributed by atoms with Gasteiger partial charge in [-0.25, -0.2) is 0 Å². The molecule has 0 bridgehead atoms. The van der Waals surface area contributed by atoms with Crippen LogP contribution in [0.3, 0.4) is 0 Å². The molecule has 0 heterocycles. The van der Waals surface area contributed by atoms with Crippen molar-refractivity contribution >= 4 is 11.9 Å². The zero-order chi connectivity index (χ0) is 30.2. The number of carbonyl (C=O) groups is 2. The molecule has 0 fully saturated rings. The van der Waals surface area contributed by atoms with Crippen LogP contribution in [0.5, 0.6) is 0 Å². The van der Waals surface area contributed by atoms with Crippen molar-refractivity contribution in [2.45, 2.75) is 201 Å². The molecular weight excluding hydrogens is 508 g/mol. The smallest absolute Gasteiger partial charge is 0.308 e. The molecule has 0 radical (unpaired) electrons. The van der Waals surface area contributed by atoms with Crippen LogP contribution in [0.4, 0.5) is 0 Å². The molecule has 0 aliphatic heterocycles. The van der Waals surface area contributed by atoms with Crippen molar-refractivity contribution in [2.24, 2.45) is 11.8 Å². The third-order valence-electron chi connectivity index (χ3n) is 8.57. The Labute approximate surface area is 256 Å². The standard InChI is InChI=1S/C37H72O4/c1-5-9-22-28-34(29-23-10-6-2)36(38)40-32-26-20-18-16-14-13-15-17-19-21-27-33-41-37(39)35(30-24-11-7-3)31-25-12-8-4/h34-35H,5-33H2,1-4H3. The predicted octanol–water partition coefficient (Wildman–Crippen LogP) is 11.9. The van der Waals surface area contributed by atoms with E-state index >= 15 is 0 Å². The summed E-state index contributed by atoms with van der Waals surface area (Å²) in [6.45, 7) is 10.1. The quantitative estimate of drug-likeness (QED) is 0.0586. The van der Waals surface area contributed by atoms with Gasteiger partial charge in [0.2, 0.25) is 0 Å². The molecule has 0 aromatic heterocycles. The molecule has 0 amide bonds. The lowest BCUT2D eigenvalue weighted by atomic mass is 9.95. The Morgan fingerprint density at radius 2 is 0.610 bits per heavy atom. The van der Waals surface area contributed by atoms with Crippen molar-refractivity contribution < 1.29 is 19.1 Å². The summed E-state index contributed by atoms with van der Waals surface area (Å²) < 4.78 is 11.3. The molecule has 0 saturated heterocycles. The molecule has 41 heavy (non-hydrogen) atoms. The number of carbonyl (C=O) groups excluding carboxylic acids is 2. The van der Waals surface area contributed by atoms with E-state index in [0.717, 1.165) is 64.2 Å². The van der Waals surface area contributed by atoms with E-state index in [1.807, 2.05) is 0 Å². The van der Waals surface area contributed by atoms with E-state index in [0.29, 0.717) is 13.2 Å². The summed E-state index contributed by atoms with van der Waals surface area (Å²) in [7, 11) is 0. The predicted molar refractivity (Wildman–Crippen MR) is 176 cm³/mol. The van der Waals surface area contributed by atoms with Gasteiger partial charge >= 0.3 is 11.9 Å². The van der Waals surface area contributed by atoms with Gasteiger partial charge in [-0.3, -0.25) is 9.59 Å². The molecule has 0 rings (SSSR count). The first-order valence-corrected chi connectivity index (χ1v) is 18.4. The summed E-state index contributed by atoms with van der Waals surface area (Å²) in [6, 6.07) is 0. The van der Waals surface area contributed by atoms with Gasteiger partial charge in [0.25, 0.3) is 0 Å². The maximum atomic E-state index is 12.6. The van der Waals surface area contributed by atoms with E-state index in [2.05, 4.69) is 27.7 Å². The average molecular weight is 581 g/mol. The number of esters is 2. The molecule has 0 N–H and O–H groups in total. The van der Waals surface area contributed by atoms with Gasteiger partial charge in [-0.1, -0.05) is 163 Å². The molecule has 0 unspecified atom stereocenters. The van der Waals surface area contributed by atoms with E-state index in [4.69, 9.17) is 9.47 Å². The van der Waals surface area contributed by atoms with Crippen LogP contribution < -0.4 is 0 Å². The molecule has 244 valence electrons. The van der Waals surface area contributed by atoms with Crippen LogP contribution in [0, 0.1) is 11.8 Å². The van der Waals surface area contributed by atoms with Crippen LogP contribution in [-0.4, -0.2) is 25.2 Å². The zero-order valence-electron chi connectivity index (χ0n) is 28.3. The lowest BCUT2D eigenvalue weighted by molar-refractivity contribution is -0.150. The minimum atomic E-state index is 0.0596. The molecule has 0 spiro atoms. The number of hydrogen-bond donors (Lipinski definition) is 0. The summed E-state index contributed by atoms with van der Waals surface area (Å²) >= 11 is 0. The van der Waals surface area contributed by atoms with Gasteiger partial charge in [0.05, 0.1) is 25.0 Å². The zero-order valence-corrected chi connectivity index (χ0v) is 28.3. The number of ether oxygens (including phenoxy) is 2. The highest BCUT2D eigenvalue weighted by Gasteiger charge is 2.20. The highest BCUT2D eigenvalue weighted by Crippen LogP contribution is 2.21. The Balaban J connectivity index is 3.70. The first-order valence-electron chi connectivity index (χ1n) is 18.4. The van der Waals surface area contributed by atoms with Crippen molar-refractivity contribution in [3.63, 3.8) is 0 Å². The second kappa shape index (κ2) is 31.9. The van der Waals surface area contributed by atoms with Gasteiger partial charge in [-0.05, 0) is 38.5 Å². The fraction of sp³-hybridized carbons (Fsp3) is 0.946. The van der Waals surface area contributed by atoms with Crippen molar-refractivity contribution in [1.82, 2.24) is 0 Å². The van der Waals surface area contributed by atoms with Crippen LogP contribution in [0.2, 0.25) is 0 Å². The van der Waals surface area contributed by atoms with Gasteiger partial charge in [0, 0.05) is 0 Å². The molecule has 0 aromatic carbocycles. The minimum Gasteiger partial charge on any atom is -0.465 e. The summed E-state index contributed by atoms with van der Waals surface area (Å²) in [5.41, 5.74) is 0. The molecule has 0 aliphatic rings. The van der Waals surface area contributed by atoms with E-state index in [9.17, 15) is 9.59 Å². The van der Waals surface area contributed by atoms with E-state index in [1.54, 1.807) is 0 Å². The number of hydrogen-bond acceptors (Lipinski definition) is 4. The normalized spacial score (nSPS) is 11.5. The van der Waals surface area contributed by atoms with Crippen LogP contribution in [-0.2, 0) is 19.1 Å². The van der Waals surface area contributed by atoms with Gasteiger partial charge in [-0.2, -0.15) is 0 Å². The average Bonchev–Trinajstić information content (AvgIpc) is 2.97. The van der Waals surface area contributed by atoms with Crippen LogP contribution in [0.25, 0.3) is 0 Å². The van der Waals surface area contributed by atoms with Crippen molar-refractivity contribution in [2.75, 3.05) is 13.2 Å². The Kier molecular flexibility index (Phi) is 31.0. The maximum Gasteiger partial charge on any atom is 0.308 e. The molecule has 0 aromatic rings. The Hall–Kier alpha value is -1.06. The summed E-state index contributed by atoms with van der Waals surface area (Å²) in [6.07, 6.45) is 31.6. The largest absolute Gasteiger partial charge is 0.465 e. The van der Waals surface area contributed by atoms with Gasteiger partial charge < -0.3 is 9.47 Å². The SMILES string of the molecule is CCCCCC(CCCCC)C(=O)OCCCCCCCCCCCCCOC(=O)C(CCCCC)CCCCC. The fourth-order valence-electron chi connectivity index (χ4n) is 5.70. The molecule has 4 heteroatoms. The Morgan fingerprint density at radius 1 is 0.366 bits per heavy atom. The van der Waals surface area contributed by atoms with Crippen molar-refractivity contribution in [3.05, 3.63) is 0 Å². The summed E-state index contributed by atoms with van der Waals surface area (Å²) in [5, 5.41) is 0. The molecular formula is C37H72O4. The first kappa shape index (κ1) is 39.9. The monoisotopic (exact) mass is 581 g/mol. The van der Waals surface area contributed by atoms with Crippen molar-refractivity contribution in [1.29, 1.82) is 0 Å². The van der Waals surface area contributed by atoms with Crippen LogP contribution >= 0.6 is 0 Å².